The van der Waals surface area contributed by atoms with E-state index in [1.165, 1.54) is 5.43 Å². The average molecular weight is 276 g/mol. The monoisotopic (exact) mass is 276 g/mol. The second kappa shape index (κ2) is 6.07. The number of rotatable bonds is 3. The minimum Gasteiger partial charge on any atom is -0.484 e. The van der Waals surface area contributed by atoms with Crippen LogP contribution in [0.25, 0.3) is 0 Å². The Morgan fingerprint density at radius 3 is 2.26 bits per heavy atom. The standard InChI is InChI=1S/C11H11F3N2O3/c1-7-2-4-8(5-3-7)19-6-9(17)15-16-10(18)11(12,13)14/h2-5H,6H2,1H3,(H,15,17)(H,16,18). The fourth-order valence-corrected chi connectivity index (χ4v) is 1.02. The SMILES string of the molecule is Cc1ccc(OCC(=O)NNC(=O)C(F)(F)F)cc1. The highest BCUT2D eigenvalue weighted by Gasteiger charge is 2.38. The van der Waals surface area contributed by atoms with E-state index >= 15 is 0 Å². The number of halogens is 3. The Hall–Kier alpha value is -2.25. The van der Waals surface area contributed by atoms with Crippen molar-refractivity contribution < 1.29 is 27.5 Å². The summed E-state index contributed by atoms with van der Waals surface area (Å²) in [7, 11) is 0. The van der Waals surface area contributed by atoms with Crippen molar-refractivity contribution in [1.82, 2.24) is 10.9 Å². The summed E-state index contributed by atoms with van der Waals surface area (Å²) in [6, 6.07) is 6.71. The first-order valence-electron chi connectivity index (χ1n) is 5.14. The Balaban J connectivity index is 2.32. The van der Waals surface area contributed by atoms with E-state index in [0.29, 0.717) is 5.75 Å². The largest absolute Gasteiger partial charge is 0.484 e. The van der Waals surface area contributed by atoms with Gasteiger partial charge in [-0.1, -0.05) is 17.7 Å². The quantitative estimate of drug-likeness (QED) is 0.812. The Bertz CT molecular complexity index is 457. The maximum atomic E-state index is 11.8. The highest BCUT2D eigenvalue weighted by molar-refractivity contribution is 5.85. The second-order valence-electron chi connectivity index (χ2n) is 3.60. The molecule has 0 atom stereocenters. The predicted octanol–water partition coefficient (Wildman–Crippen LogP) is 1.08. The number of benzene rings is 1. The van der Waals surface area contributed by atoms with Gasteiger partial charge in [0.1, 0.15) is 5.75 Å². The first kappa shape index (κ1) is 14.8. The van der Waals surface area contributed by atoms with Crippen molar-refractivity contribution >= 4 is 11.8 Å². The van der Waals surface area contributed by atoms with Crippen molar-refractivity contribution in [2.75, 3.05) is 6.61 Å². The molecule has 0 saturated carbocycles. The van der Waals surface area contributed by atoms with Crippen molar-refractivity contribution in [3.8, 4) is 5.75 Å². The van der Waals surface area contributed by atoms with E-state index in [4.69, 9.17) is 4.74 Å². The number of alkyl halides is 3. The Morgan fingerprint density at radius 1 is 1.16 bits per heavy atom. The van der Waals surface area contributed by atoms with Gasteiger partial charge in [-0.15, -0.1) is 0 Å². The molecule has 1 aromatic carbocycles. The highest BCUT2D eigenvalue weighted by atomic mass is 19.4. The van der Waals surface area contributed by atoms with E-state index in [9.17, 15) is 22.8 Å². The molecule has 2 N–H and O–H groups in total. The van der Waals surface area contributed by atoms with Crippen molar-refractivity contribution in [2.24, 2.45) is 0 Å². The number of hydrogen-bond donors (Lipinski definition) is 2. The van der Waals surface area contributed by atoms with E-state index in [1.807, 2.05) is 6.92 Å². The number of aryl methyl sites for hydroxylation is 1. The van der Waals surface area contributed by atoms with Crippen LogP contribution in [0.5, 0.6) is 5.75 Å². The molecule has 0 radical (unpaired) electrons. The van der Waals surface area contributed by atoms with Gasteiger partial charge in [-0.3, -0.25) is 20.4 Å². The summed E-state index contributed by atoms with van der Waals surface area (Å²) < 4.78 is 40.4. The first-order valence-corrected chi connectivity index (χ1v) is 5.14. The summed E-state index contributed by atoms with van der Waals surface area (Å²) >= 11 is 0. The van der Waals surface area contributed by atoms with Gasteiger partial charge in [0.2, 0.25) is 0 Å². The van der Waals surface area contributed by atoms with Crippen LogP contribution in [0.2, 0.25) is 0 Å². The molecule has 0 saturated heterocycles. The Kier molecular flexibility index (Phi) is 4.74. The van der Waals surface area contributed by atoms with Gasteiger partial charge in [0.05, 0.1) is 0 Å². The molecule has 0 fully saturated rings. The summed E-state index contributed by atoms with van der Waals surface area (Å²) in [6.45, 7) is 1.35. The zero-order valence-corrected chi connectivity index (χ0v) is 9.88. The van der Waals surface area contributed by atoms with Gasteiger partial charge in [0.15, 0.2) is 6.61 Å². The van der Waals surface area contributed by atoms with Crippen LogP contribution in [-0.4, -0.2) is 24.6 Å². The zero-order chi connectivity index (χ0) is 14.5. The molecular weight excluding hydrogens is 265 g/mol. The molecule has 0 aliphatic rings. The number of carbonyl (C=O) groups excluding carboxylic acids is 2. The normalized spacial score (nSPS) is 10.7. The van der Waals surface area contributed by atoms with Crippen molar-refractivity contribution in [2.45, 2.75) is 13.1 Å². The second-order valence-corrected chi connectivity index (χ2v) is 3.60. The summed E-state index contributed by atoms with van der Waals surface area (Å²) in [5.41, 5.74) is 3.81. The molecule has 19 heavy (non-hydrogen) atoms. The van der Waals surface area contributed by atoms with E-state index in [-0.39, 0.29) is 0 Å². The van der Waals surface area contributed by atoms with Gasteiger partial charge in [0.25, 0.3) is 5.91 Å². The molecule has 0 aliphatic carbocycles. The van der Waals surface area contributed by atoms with E-state index in [0.717, 1.165) is 5.56 Å². The molecule has 104 valence electrons. The average Bonchev–Trinajstić information content (AvgIpc) is 2.34. The number of ether oxygens (including phenoxy) is 1. The number of nitrogens with one attached hydrogen (secondary N) is 2. The molecule has 0 aromatic heterocycles. The molecule has 1 aromatic rings. The van der Waals surface area contributed by atoms with Crippen molar-refractivity contribution in [3.63, 3.8) is 0 Å². The lowest BCUT2D eigenvalue weighted by Crippen LogP contribution is -2.49. The number of hydrogen-bond acceptors (Lipinski definition) is 3. The Labute approximate surface area is 106 Å². The summed E-state index contributed by atoms with van der Waals surface area (Å²) in [4.78, 5) is 21.5. The zero-order valence-electron chi connectivity index (χ0n) is 9.88. The van der Waals surface area contributed by atoms with Crippen LogP contribution in [0.15, 0.2) is 24.3 Å². The van der Waals surface area contributed by atoms with Gasteiger partial charge in [-0.2, -0.15) is 13.2 Å². The lowest BCUT2D eigenvalue weighted by Gasteiger charge is -2.10. The van der Waals surface area contributed by atoms with Gasteiger partial charge < -0.3 is 4.74 Å². The van der Waals surface area contributed by atoms with Gasteiger partial charge in [-0.05, 0) is 19.1 Å². The van der Waals surface area contributed by atoms with Crippen molar-refractivity contribution in [3.05, 3.63) is 29.8 Å². The van der Waals surface area contributed by atoms with Crippen LogP contribution >= 0.6 is 0 Å². The van der Waals surface area contributed by atoms with Gasteiger partial charge >= 0.3 is 12.1 Å². The molecule has 8 heteroatoms. The van der Waals surface area contributed by atoms with Crippen LogP contribution in [0.3, 0.4) is 0 Å². The van der Waals surface area contributed by atoms with E-state index < -0.39 is 24.6 Å². The first-order chi connectivity index (χ1) is 8.79. The van der Waals surface area contributed by atoms with Crippen LogP contribution < -0.4 is 15.6 Å². The minimum atomic E-state index is -5.05. The molecule has 5 nitrogen and oxygen atoms in total. The van der Waals surface area contributed by atoms with Crippen molar-refractivity contribution in [1.29, 1.82) is 0 Å². The minimum absolute atomic E-state index is 0.392. The van der Waals surface area contributed by atoms with E-state index in [2.05, 4.69) is 0 Å². The fourth-order valence-electron chi connectivity index (χ4n) is 1.02. The highest BCUT2D eigenvalue weighted by Crippen LogP contribution is 2.13. The summed E-state index contributed by atoms with van der Waals surface area (Å²) in [5, 5.41) is 0. The molecule has 0 aliphatic heterocycles. The predicted molar refractivity (Wildman–Crippen MR) is 59.0 cm³/mol. The smallest absolute Gasteiger partial charge is 0.472 e. The molecule has 0 spiro atoms. The number of hydrazine groups is 1. The van der Waals surface area contributed by atoms with Crippen LogP contribution in [0, 0.1) is 6.92 Å². The van der Waals surface area contributed by atoms with Gasteiger partial charge in [-0.25, -0.2) is 0 Å². The third-order valence-corrected chi connectivity index (χ3v) is 1.96. The number of amides is 2. The van der Waals surface area contributed by atoms with Gasteiger partial charge in [0, 0.05) is 0 Å². The summed E-state index contributed by atoms with van der Waals surface area (Å²) in [6.07, 6.45) is -5.05. The van der Waals surface area contributed by atoms with Crippen LogP contribution in [0.4, 0.5) is 13.2 Å². The van der Waals surface area contributed by atoms with Crippen LogP contribution in [0.1, 0.15) is 5.56 Å². The van der Waals surface area contributed by atoms with E-state index in [1.54, 1.807) is 29.7 Å². The topological polar surface area (TPSA) is 67.4 Å². The summed E-state index contributed by atoms with van der Waals surface area (Å²) in [5.74, 6) is -2.77. The maximum absolute atomic E-state index is 11.8. The fraction of sp³-hybridized carbons (Fsp3) is 0.273. The molecular formula is C11H11F3N2O3. The lowest BCUT2D eigenvalue weighted by atomic mass is 10.2. The maximum Gasteiger partial charge on any atom is 0.472 e. The number of carbonyl (C=O) groups is 2. The third-order valence-electron chi connectivity index (χ3n) is 1.96. The lowest BCUT2D eigenvalue weighted by molar-refractivity contribution is -0.175. The van der Waals surface area contributed by atoms with Crippen LogP contribution in [-0.2, 0) is 9.59 Å². The Morgan fingerprint density at radius 2 is 1.74 bits per heavy atom. The molecule has 0 bridgehead atoms. The molecule has 2 amide bonds. The molecule has 0 heterocycles. The molecule has 1 rings (SSSR count). The third kappa shape index (κ3) is 5.28. The molecule has 0 unspecified atom stereocenters.